The van der Waals surface area contributed by atoms with Gasteiger partial charge in [0.05, 0.1) is 38.8 Å². The molecular formula is C52H74B3FN4NaO13S2. The second kappa shape index (κ2) is 26.8. The minimum atomic E-state index is -3.54. The van der Waals surface area contributed by atoms with Crippen LogP contribution in [0.5, 0.6) is 23.0 Å². The molecule has 0 atom stereocenters. The summed E-state index contributed by atoms with van der Waals surface area (Å²) in [5.41, 5.74) is 0.447. The molecule has 0 aliphatic carbocycles. The number of piperazine rings is 2. The standard InChI is InChI=1S/C24H33BN2O6S.C24H31BN2O6S.C4H8O.B.FH.Na.H/c2*1-23(2)24(3,4)33-25(32-23)22-11-8-20(16-18(22)17-28)31-19-6-9-21(10-7-19)34(29,30)27-14-12-26(5)13-15-27;1-2-4-5-3-1;;;;/h6-11,16,28H,12-15,17H2,1-5H3;6-11,16-17H,12-15H2,1-5H3;1-4H2;;1H;;/q;;;;;+1;-1. The van der Waals surface area contributed by atoms with E-state index in [0.717, 1.165) is 38.1 Å². The third-order valence-corrected chi connectivity index (χ3v) is 18.5. The van der Waals surface area contributed by atoms with Crippen molar-refractivity contribution in [3.63, 3.8) is 0 Å². The number of hydrogen-bond acceptors (Lipinski definition) is 15. The summed E-state index contributed by atoms with van der Waals surface area (Å²) in [6.45, 7) is 22.3. The number of halogens is 1. The van der Waals surface area contributed by atoms with Crippen LogP contribution in [0.1, 0.15) is 85.6 Å². The van der Waals surface area contributed by atoms with Crippen LogP contribution in [0.3, 0.4) is 0 Å². The van der Waals surface area contributed by atoms with E-state index in [-0.39, 0.29) is 60.5 Å². The van der Waals surface area contributed by atoms with Crippen LogP contribution < -0.4 is 50.0 Å². The molecule has 5 fully saturated rings. The van der Waals surface area contributed by atoms with Gasteiger partial charge in [-0.15, -0.1) is 0 Å². The van der Waals surface area contributed by atoms with E-state index in [4.69, 9.17) is 32.8 Å². The fourth-order valence-electron chi connectivity index (χ4n) is 8.38. The monoisotopic (exact) mass is 1100 g/mol. The van der Waals surface area contributed by atoms with Crippen LogP contribution in [-0.2, 0) is 50.0 Å². The number of aldehydes is 1. The summed E-state index contributed by atoms with van der Waals surface area (Å²) < 4.78 is 95.8. The summed E-state index contributed by atoms with van der Waals surface area (Å²) in [6.07, 6.45) is 3.30. The summed E-state index contributed by atoms with van der Waals surface area (Å²) in [6, 6.07) is 23.2. The molecule has 5 saturated heterocycles. The van der Waals surface area contributed by atoms with Gasteiger partial charge in [0.25, 0.3) is 0 Å². The number of likely N-dealkylation sites (N-methyl/N-ethyl adjacent to an activating group) is 2. The SMILES string of the molecule is C1CCOC1.CN1CCN(S(=O)(=O)c2ccc(Oc3ccc(B4OC(C)(C)C(C)(C)O4)c(C=O)c3)cc2)CC1.CN1CCN(S(=O)(=O)c2ccc(Oc3ccc(B4OC(C)(C)C(C)(C)O4)c(CO)c3)cc2)CC1.F.[B].[H-].[Na+]. The van der Waals surface area contributed by atoms with Crippen LogP contribution in [0.2, 0.25) is 0 Å². The smallest absolute Gasteiger partial charge is 1.00 e. The van der Waals surface area contributed by atoms with Crippen LogP contribution in [-0.4, -0.2) is 171 Å². The Morgan fingerprint density at radius 3 is 1.25 bits per heavy atom. The van der Waals surface area contributed by atoms with Crippen molar-refractivity contribution in [1.82, 2.24) is 18.4 Å². The average Bonchev–Trinajstić information content (AvgIpc) is 4.06. The van der Waals surface area contributed by atoms with Crippen molar-refractivity contribution in [3.8, 4) is 23.0 Å². The molecule has 9 rings (SSSR count). The molecule has 76 heavy (non-hydrogen) atoms. The molecule has 4 aromatic rings. The second-order valence-electron chi connectivity index (χ2n) is 21.0. The maximum Gasteiger partial charge on any atom is 1.00 e. The first-order chi connectivity index (χ1) is 34.4. The molecular weight excluding hydrogens is 1030 g/mol. The molecule has 0 spiro atoms. The van der Waals surface area contributed by atoms with Crippen molar-refractivity contribution in [2.75, 3.05) is 79.7 Å². The first-order valence-electron chi connectivity index (χ1n) is 24.9. The van der Waals surface area contributed by atoms with Crippen LogP contribution in [0.15, 0.2) is 94.7 Å². The number of nitrogens with zero attached hydrogens (tertiary/aromatic N) is 4. The van der Waals surface area contributed by atoms with Gasteiger partial charge in [-0.2, -0.15) is 8.61 Å². The van der Waals surface area contributed by atoms with E-state index in [1.165, 1.54) is 21.5 Å². The number of benzene rings is 4. The number of carbonyl (C=O) groups is 1. The molecule has 0 saturated carbocycles. The molecule has 4 aromatic carbocycles. The van der Waals surface area contributed by atoms with Crippen LogP contribution in [0.4, 0.5) is 4.70 Å². The maximum atomic E-state index is 12.9. The number of carbonyl (C=O) groups excluding carboxylic acids is 1. The van der Waals surface area contributed by atoms with Gasteiger partial charge in [-0.25, -0.2) is 16.8 Å². The van der Waals surface area contributed by atoms with E-state index in [9.17, 15) is 26.7 Å². The Labute approximate surface area is 476 Å². The van der Waals surface area contributed by atoms with Gasteiger partial charge < -0.3 is 49.2 Å². The molecule has 0 aromatic heterocycles. The van der Waals surface area contributed by atoms with Gasteiger partial charge >= 0.3 is 43.8 Å². The molecule has 0 unspecified atom stereocenters. The summed E-state index contributed by atoms with van der Waals surface area (Å²) in [5.74, 6) is 1.96. The largest absolute Gasteiger partial charge is 1.00 e. The number of sulfonamides is 2. The van der Waals surface area contributed by atoms with Crippen molar-refractivity contribution in [2.24, 2.45) is 0 Å². The minimum absolute atomic E-state index is 0. The van der Waals surface area contributed by atoms with Crippen molar-refractivity contribution < 1.29 is 95.3 Å². The van der Waals surface area contributed by atoms with Gasteiger partial charge in [0.15, 0.2) is 0 Å². The van der Waals surface area contributed by atoms with Gasteiger partial charge in [0.1, 0.15) is 29.3 Å². The number of aliphatic hydroxyl groups excluding tert-OH is 1. The quantitative estimate of drug-likeness (QED) is 0.161. The van der Waals surface area contributed by atoms with E-state index in [2.05, 4.69) is 9.80 Å². The molecule has 1 N–H and O–H groups in total. The third kappa shape index (κ3) is 15.4. The van der Waals surface area contributed by atoms with Crippen molar-refractivity contribution in [2.45, 2.75) is 107 Å². The molecule has 5 aliphatic rings. The normalized spacial score (nSPS) is 20.4. The Morgan fingerprint density at radius 1 is 0.566 bits per heavy atom. The molecule has 409 valence electrons. The van der Waals surface area contributed by atoms with Crippen molar-refractivity contribution in [3.05, 3.63) is 96.1 Å². The average molecular weight is 1100 g/mol. The predicted molar refractivity (Wildman–Crippen MR) is 291 cm³/mol. The molecule has 0 amide bonds. The van der Waals surface area contributed by atoms with E-state index >= 15 is 0 Å². The molecule has 5 heterocycles. The number of rotatable bonds is 12. The van der Waals surface area contributed by atoms with E-state index in [1.54, 1.807) is 78.9 Å². The van der Waals surface area contributed by atoms with Gasteiger partial charge in [0.2, 0.25) is 20.0 Å². The van der Waals surface area contributed by atoms with E-state index < -0.39 is 56.7 Å². The van der Waals surface area contributed by atoms with E-state index in [1.807, 2.05) is 75.6 Å². The van der Waals surface area contributed by atoms with Gasteiger partial charge in [-0.3, -0.25) is 9.50 Å². The van der Waals surface area contributed by atoms with Crippen molar-refractivity contribution in [1.29, 1.82) is 0 Å². The number of ether oxygens (including phenoxy) is 3. The fourth-order valence-corrected chi connectivity index (χ4v) is 11.2. The van der Waals surface area contributed by atoms with Crippen molar-refractivity contribution >= 4 is 59.9 Å². The Bertz CT molecular complexity index is 2730. The minimum Gasteiger partial charge on any atom is -1.00 e. The van der Waals surface area contributed by atoms with Gasteiger partial charge in [-0.05, 0) is 172 Å². The molecule has 3 radical (unpaired) electrons. The first-order valence-corrected chi connectivity index (χ1v) is 27.8. The fraction of sp³-hybridized carbons (Fsp3) is 0.519. The van der Waals surface area contributed by atoms with Crippen LogP contribution in [0, 0.1) is 0 Å². The number of hydrogen-bond donors (Lipinski definition) is 1. The summed E-state index contributed by atoms with van der Waals surface area (Å²) in [7, 11) is -4.34. The molecule has 5 aliphatic heterocycles. The zero-order chi connectivity index (χ0) is 53.0. The Hall–Kier alpha value is -3.23. The Morgan fingerprint density at radius 2 is 0.908 bits per heavy atom. The Balaban J connectivity index is 0.000000354. The summed E-state index contributed by atoms with van der Waals surface area (Å²) in [5, 5.41) is 9.95. The summed E-state index contributed by atoms with van der Waals surface area (Å²) >= 11 is 0. The van der Waals surface area contributed by atoms with Crippen LogP contribution in [0.25, 0.3) is 0 Å². The molecule has 24 heteroatoms. The summed E-state index contributed by atoms with van der Waals surface area (Å²) in [4.78, 5) is 16.5. The maximum absolute atomic E-state index is 12.9. The predicted octanol–water partition coefficient (Wildman–Crippen LogP) is 2.42. The first kappa shape index (κ1) is 65.3. The van der Waals surface area contributed by atoms with Crippen LogP contribution >= 0.6 is 0 Å². The Kier molecular flexibility index (Phi) is 23.0. The van der Waals surface area contributed by atoms with Gasteiger partial charge in [-0.1, -0.05) is 12.1 Å². The second-order valence-corrected chi connectivity index (χ2v) is 24.9. The topological polar surface area (TPSA) is 183 Å². The zero-order valence-electron chi connectivity index (χ0n) is 46.9. The molecule has 17 nitrogen and oxygen atoms in total. The molecule has 0 bridgehead atoms. The van der Waals surface area contributed by atoms with Gasteiger partial charge in [0, 0.05) is 79.5 Å². The third-order valence-electron chi connectivity index (χ3n) is 14.6. The number of aliphatic hydroxyl groups is 1. The van der Waals surface area contributed by atoms with E-state index in [0.29, 0.717) is 78.9 Å². The zero-order valence-corrected chi connectivity index (χ0v) is 49.6.